The lowest BCUT2D eigenvalue weighted by atomic mass is 10.1. The third-order valence-corrected chi connectivity index (χ3v) is 4.01. The van der Waals surface area contributed by atoms with Gasteiger partial charge in [0.25, 0.3) is 11.6 Å². The number of nitrogens with one attached hydrogen (secondary N) is 2. The van der Waals surface area contributed by atoms with Gasteiger partial charge in [-0.05, 0) is 18.7 Å². The molecule has 21 heavy (non-hydrogen) atoms. The van der Waals surface area contributed by atoms with Crippen molar-refractivity contribution in [3.8, 4) is 0 Å². The minimum absolute atomic E-state index is 0.0225. The minimum atomic E-state index is -0.562. The van der Waals surface area contributed by atoms with Crippen molar-refractivity contribution >= 4 is 40.6 Å². The van der Waals surface area contributed by atoms with Gasteiger partial charge >= 0.3 is 0 Å². The number of benzene rings is 1. The molecule has 0 heterocycles. The van der Waals surface area contributed by atoms with Gasteiger partial charge in [0.15, 0.2) is 0 Å². The van der Waals surface area contributed by atoms with Gasteiger partial charge in [-0.2, -0.15) is 11.8 Å². The number of nitrogens with zero attached hydrogens (tertiary/aromatic N) is 1. The first-order chi connectivity index (χ1) is 9.94. The number of nitro groups is 1. The van der Waals surface area contributed by atoms with Gasteiger partial charge in [-0.25, -0.2) is 0 Å². The summed E-state index contributed by atoms with van der Waals surface area (Å²) in [6.07, 6.45) is 2.75. The summed E-state index contributed by atoms with van der Waals surface area (Å²) in [7, 11) is 1.54. The number of thioether (sulfide) groups is 1. The number of anilines is 1. The Morgan fingerprint density at radius 3 is 2.67 bits per heavy atom. The third kappa shape index (κ3) is 4.50. The van der Waals surface area contributed by atoms with Crippen molar-refractivity contribution in [1.82, 2.24) is 5.32 Å². The highest BCUT2D eigenvalue weighted by Crippen LogP contribution is 2.33. The summed E-state index contributed by atoms with van der Waals surface area (Å²) in [5.74, 6) is 0.427. The van der Waals surface area contributed by atoms with Crippen LogP contribution in [0.5, 0.6) is 0 Å². The van der Waals surface area contributed by atoms with E-state index in [9.17, 15) is 14.9 Å². The van der Waals surface area contributed by atoms with Crippen LogP contribution in [0.25, 0.3) is 0 Å². The summed E-state index contributed by atoms with van der Waals surface area (Å²) in [6.45, 7) is 1.97. The highest BCUT2D eigenvalue weighted by atomic mass is 35.5. The molecule has 116 valence electrons. The van der Waals surface area contributed by atoms with Gasteiger partial charge in [0.05, 0.1) is 9.95 Å². The van der Waals surface area contributed by atoms with Gasteiger partial charge in [-0.1, -0.05) is 18.5 Å². The smallest absolute Gasteiger partial charge is 0.294 e. The molecule has 0 radical (unpaired) electrons. The Morgan fingerprint density at radius 1 is 1.52 bits per heavy atom. The molecule has 1 aromatic carbocycles. The van der Waals surface area contributed by atoms with E-state index in [-0.39, 0.29) is 33.9 Å². The Bertz CT molecular complexity index is 540. The number of hydrogen-bond acceptors (Lipinski definition) is 5. The molecule has 8 heteroatoms. The molecule has 0 aliphatic heterocycles. The van der Waals surface area contributed by atoms with E-state index in [2.05, 4.69) is 10.6 Å². The van der Waals surface area contributed by atoms with Crippen molar-refractivity contribution in [2.45, 2.75) is 19.4 Å². The lowest BCUT2D eigenvalue weighted by Gasteiger charge is -2.16. The summed E-state index contributed by atoms with van der Waals surface area (Å²) in [4.78, 5) is 22.7. The number of hydrogen-bond donors (Lipinski definition) is 2. The molecule has 2 N–H and O–H groups in total. The Morgan fingerprint density at radius 2 is 2.19 bits per heavy atom. The maximum Gasteiger partial charge on any atom is 0.294 e. The molecule has 0 spiro atoms. The van der Waals surface area contributed by atoms with Crippen molar-refractivity contribution in [3.63, 3.8) is 0 Å². The van der Waals surface area contributed by atoms with Crippen LogP contribution in [0.4, 0.5) is 11.4 Å². The standard InChI is InChI=1S/C13H18ClN3O3S/c1-4-9(7-21-3)16-13(18)8-5-10(14)12(15-2)11(6-8)17(19)20/h5-6,9,15H,4,7H2,1-3H3,(H,16,18). The fourth-order valence-corrected chi connectivity index (χ4v) is 2.88. The molecule has 6 nitrogen and oxygen atoms in total. The molecule has 1 unspecified atom stereocenters. The Labute approximate surface area is 132 Å². The van der Waals surface area contributed by atoms with E-state index in [1.807, 2.05) is 13.2 Å². The Hall–Kier alpha value is -1.47. The van der Waals surface area contributed by atoms with Crippen LogP contribution in [0.1, 0.15) is 23.7 Å². The topological polar surface area (TPSA) is 84.3 Å². The molecule has 0 saturated heterocycles. The normalized spacial score (nSPS) is 11.8. The number of amides is 1. The second-order valence-electron chi connectivity index (χ2n) is 4.39. The van der Waals surface area contributed by atoms with E-state index in [1.165, 1.54) is 12.1 Å². The zero-order valence-electron chi connectivity index (χ0n) is 12.1. The second kappa shape index (κ2) is 8.09. The molecule has 0 aliphatic rings. The van der Waals surface area contributed by atoms with E-state index in [0.29, 0.717) is 0 Å². The molecule has 0 saturated carbocycles. The quantitative estimate of drug-likeness (QED) is 0.592. The molecule has 1 rings (SSSR count). The van der Waals surface area contributed by atoms with Crippen molar-refractivity contribution < 1.29 is 9.72 Å². The van der Waals surface area contributed by atoms with E-state index >= 15 is 0 Å². The largest absolute Gasteiger partial charge is 0.381 e. The van der Waals surface area contributed by atoms with E-state index in [0.717, 1.165) is 12.2 Å². The summed E-state index contributed by atoms with van der Waals surface area (Å²) in [6, 6.07) is 2.69. The van der Waals surface area contributed by atoms with E-state index < -0.39 is 4.92 Å². The van der Waals surface area contributed by atoms with Crippen LogP contribution >= 0.6 is 23.4 Å². The van der Waals surface area contributed by atoms with Gasteiger partial charge in [0.1, 0.15) is 5.69 Å². The predicted octanol–water partition coefficient (Wildman–Crippen LogP) is 3.16. The van der Waals surface area contributed by atoms with Gasteiger partial charge < -0.3 is 10.6 Å². The predicted molar refractivity (Wildman–Crippen MR) is 87.6 cm³/mol. The maximum absolute atomic E-state index is 12.2. The molecule has 1 atom stereocenters. The van der Waals surface area contributed by atoms with Crippen LogP contribution in [-0.2, 0) is 0 Å². The van der Waals surface area contributed by atoms with Crippen LogP contribution in [-0.4, -0.2) is 35.9 Å². The molecule has 1 amide bonds. The lowest BCUT2D eigenvalue weighted by molar-refractivity contribution is -0.383. The Kier molecular flexibility index (Phi) is 6.77. The first-order valence-corrected chi connectivity index (χ1v) is 8.17. The summed E-state index contributed by atoms with van der Waals surface area (Å²) in [5, 5.41) is 16.7. The van der Waals surface area contributed by atoms with Crippen molar-refractivity contribution in [3.05, 3.63) is 32.8 Å². The minimum Gasteiger partial charge on any atom is -0.381 e. The first kappa shape index (κ1) is 17.6. The summed E-state index contributed by atoms with van der Waals surface area (Å²) >= 11 is 7.63. The van der Waals surface area contributed by atoms with Crippen molar-refractivity contribution in [1.29, 1.82) is 0 Å². The highest BCUT2D eigenvalue weighted by Gasteiger charge is 2.21. The van der Waals surface area contributed by atoms with Crippen molar-refractivity contribution in [2.24, 2.45) is 0 Å². The van der Waals surface area contributed by atoms with Gasteiger partial charge in [-0.3, -0.25) is 14.9 Å². The number of carbonyl (C=O) groups excluding carboxylic acids is 1. The number of rotatable bonds is 7. The molecule has 0 aromatic heterocycles. The monoisotopic (exact) mass is 331 g/mol. The molecule has 0 bridgehead atoms. The number of halogens is 1. The average molecular weight is 332 g/mol. The highest BCUT2D eigenvalue weighted by molar-refractivity contribution is 7.98. The van der Waals surface area contributed by atoms with Crippen LogP contribution < -0.4 is 10.6 Å². The molecule has 0 fully saturated rings. The molecule has 0 aliphatic carbocycles. The van der Waals surface area contributed by atoms with E-state index in [4.69, 9.17) is 11.6 Å². The zero-order chi connectivity index (χ0) is 16.0. The van der Waals surface area contributed by atoms with E-state index in [1.54, 1.807) is 18.8 Å². The molecule has 1 aromatic rings. The fourth-order valence-electron chi connectivity index (χ4n) is 1.85. The summed E-state index contributed by atoms with van der Waals surface area (Å²) < 4.78 is 0. The fraction of sp³-hybridized carbons (Fsp3) is 0.462. The van der Waals surface area contributed by atoms with Crippen molar-refractivity contribution in [2.75, 3.05) is 24.4 Å². The maximum atomic E-state index is 12.2. The van der Waals surface area contributed by atoms with Gasteiger partial charge in [0.2, 0.25) is 0 Å². The Balaban J connectivity index is 3.08. The molecular formula is C13H18ClN3O3S. The molecular weight excluding hydrogens is 314 g/mol. The summed E-state index contributed by atoms with van der Waals surface area (Å²) in [5.41, 5.74) is 0.174. The zero-order valence-corrected chi connectivity index (χ0v) is 13.7. The second-order valence-corrected chi connectivity index (χ2v) is 5.71. The number of nitro benzene ring substituents is 1. The third-order valence-electron chi connectivity index (χ3n) is 2.97. The van der Waals surface area contributed by atoms with Gasteiger partial charge in [-0.15, -0.1) is 0 Å². The lowest BCUT2D eigenvalue weighted by Crippen LogP contribution is -2.36. The average Bonchev–Trinajstić information content (AvgIpc) is 2.45. The van der Waals surface area contributed by atoms with Crippen LogP contribution in [0.15, 0.2) is 12.1 Å². The van der Waals surface area contributed by atoms with Crippen LogP contribution in [0, 0.1) is 10.1 Å². The van der Waals surface area contributed by atoms with Crippen LogP contribution in [0.3, 0.4) is 0 Å². The van der Waals surface area contributed by atoms with Gasteiger partial charge in [0, 0.05) is 30.5 Å². The number of carbonyl (C=O) groups is 1. The SMILES string of the molecule is CCC(CSC)NC(=O)c1cc(Cl)c(NC)c([N+](=O)[O-])c1. The van der Waals surface area contributed by atoms with Crippen LogP contribution in [0.2, 0.25) is 5.02 Å². The first-order valence-electron chi connectivity index (χ1n) is 6.40.